The first kappa shape index (κ1) is 27.9. The molecule has 0 unspecified atom stereocenters. The molecule has 0 heterocycles. The van der Waals surface area contributed by atoms with E-state index in [1.165, 1.54) is 25.2 Å². The number of aromatic hydroxyl groups is 1. The van der Waals surface area contributed by atoms with E-state index in [1.54, 1.807) is 0 Å². The lowest BCUT2D eigenvalue weighted by Crippen LogP contribution is -2.21. The van der Waals surface area contributed by atoms with Gasteiger partial charge in [-0.25, -0.2) is 0 Å². The summed E-state index contributed by atoms with van der Waals surface area (Å²) in [7, 11) is 12.5. The van der Waals surface area contributed by atoms with Gasteiger partial charge in [0.25, 0.3) is 0 Å². The van der Waals surface area contributed by atoms with Crippen LogP contribution in [0, 0.1) is 0 Å². The molecular formula is C24H48N4O. The molecule has 0 saturated heterocycles. The number of benzene rings is 1. The minimum atomic E-state index is 0.498. The van der Waals surface area contributed by atoms with Crippen LogP contribution in [0.5, 0.6) is 5.75 Å². The summed E-state index contributed by atoms with van der Waals surface area (Å²) in [6.45, 7) is 13.1. The molecular weight excluding hydrogens is 360 g/mol. The first-order valence-corrected chi connectivity index (χ1v) is 11.1. The number of rotatable bonds is 12. The third-order valence-electron chi connectivity index (χ3n) is 5.17. The van der Waals surface area contributed by atoms with E-state index in [1.807, 2.05) is 0 Å². The first-order chi connectivity index (χ1) is 13.6. The van der Waals surface area contributed by atoms with Gasteiger partial charge in [0, 0.05) is 19.6 Å². The molecule has 1 rings (SSSR count). The maximum Gasteiger partial charge on any atom is 0.122 e. The topological polar surface area (TPSA) is 33.2 Å². The molecule has 5 heteroatoms. The molecule has 1 aromatic rings. The van der Waals surface area contributed by atoms with E-state index in [2.05, 4.69) is 94.8 Å². The quantitative estimate of drug-likeness (QED) is 0.575. The molecule has 5 nitrogen and oxygen atoms in total. The van der Waals surface area contributed by atoms with Gasteiger partial charge in [-0.3, -0.25) is 0 Å². The molecule has 0 fully saturated rings. The summed E-state index contributed by atoms with van der Waals surface area (Å²) < 4.78 is 0. The maximum atomic E-state index is 10.6. The van der Waals surface area contributed by atoms with Crippen LogP contribution in [0.25, 0.3) is 0 Å². The SMILES string of the molecule is CCN(CC)CC.CN(C)CCc1cc(CCN(C)C)c(O)c(CCN(C)C)c1. The zero-order chi connectivity index (χ0) is 22.4. The van der Waals surface area contributed by atoms with E-state index in [0.717, 1.165) is 50.0 Å². The molecule has 29 heavy (non-hydrogen) atoms. The monoisotopic (exact) mass is 408 g/mol. The lowest BCUT2D eigenvalue weighted by molar-refractivity contribution is 0.321. The summed E-state index contributed by atoms with van der Waals surface area (Å²) in [5, 5.41) is 10.6. The van der Waals surface area contributed by atoms with E-state index < -0.39 is 0 Å². The van der Waals surface area contributed by atoms with Crippen LogP contribution < -0.4 is 0 Å². The summed E-state index contributed by atoms with van der Waals surface area (Å²) >= 11 is 0. The van der Waals surface area contributed by atoms with E-state index in [0.29, 0.717) is 5.75 Å². The van der Waals surface area contributed by atoms with Gasteiger partial charge in [0.1, 0.15) is 5.75 Å². The van der Waals surface area contributed by atoms with Crippen molar-refractivity contribution in [2.45, 2.75) is 40.0 Å². The highest BCUT2D eigenvalue weighted by Gasteiger charge is 2.11. The highest BCUT2D eigenvalue weighted by atomic mass is 16.3. The predicted octanol–water partition coefficient (Wildman–Crippen LogP) is 3.05. The maximum absolute atomic E-state index is 10.6. The Hall–Kier alpha value is -1.14. The van der Waals surface area contributed by atoms with E-state index in [9.17, 15) is 5.11 Å². The number of phenolic OH excluding ortho intramolecular Hbond substituents is 1. The summed E-state index contributed by atoms with van der Waals surface area (Å²) in [6.07, 6.45) is 2.81. The Bertz CT molecular complexity index is 501. The van der Waals surface area contributed by atoms with Crippen LogP contribution in [0.15, 0.2) is 12.1 Å². The minimum Gasteiger partial charge on any atom is -0.507 e. The Morgan fingerprint density at radius 3 is 1.24 bits per heavy atom. The summed E-state index contributed by atoms with van der Waals surface area (Å²) in [4.78, 5) is 8.89. The fourth-order valence-corrected chi connectivity index (χ4v) is 3.07. The molecule has 0 radical (unpaired) electrons. The van der Waals surface area contributed by atoms with Gasteiger partial charge < -0.3 is 24.7 Å². The molecule has 0 aromatic heterocycles. The van der Waals surface area contributed by atoms with Crippen molar-refractivity contribution in [3.05, 3.63) is 28.8 Å². The van der Waals surface area contributed by atoms with Crippen molar-refractivity contribution >= 4 is 0 Å². The number of likely N-dealkylation sites (N-methyl/N-ethyl adjacent to an activating group) is 3. The molecule has 0 atom stereocenters. The molecule has 0 aliphatic heterocycles. The molecule has 0 bridgehead atoms. The van der Waals surface area contributed by atoms with E-state index >= 15 is 0 Å². The molecule has 0 aliphatic carbocycles. The second-order valence-corrected chi connectivity index (χ2v) is 8.54. The van der Waals surface area contributed by atoms with Crippen molar-refractivity contribution in [3.8, 4) is 5.75 Å². The standard InChI is InChI=1S/C18H33N3O.C6H15N/c1-19(2)10-7-15-13-16(8-11-20(3)4)18(22)17(14-15)9-12-21(5)6;1-4-7(5-2)6-3/h13-14,22H,7-12H2,1-6H3;4-6H2,1-3H3. The van der Waals surface area contributed by atoms with E-state index in [-0.39, 0.29) is 0 Å². The Labute approximate surface area is 181 Å². The highest BCUT2D eigenvalue weighted by Crippen LogP contribution is 2.26. The largest absolute Gasteiger partial charge is 0.507 e. The van der Waals surface area contributed by atoms with Crippen LogP contribution in [-0.4, -0.2) is 106 Å². The molecule has 0 saturated carbocycles. The van der Waals surface area contributed by atoms with Crippen molar-refractivity contribution < 1.29 is 5.11 Å². The van der Waals surface area contributed by atoms with Crippen LogP contribution in [0.4, 0.5) is 0 Å². The normalized spacial score (nSPS) is 11.5. The minimum absolute atomic E-state index is 0.498. The second-order valence-electron chi connectivity index (χ2n) is 8.54. The summed E-state index contributed by atoms with van der Waals surface area (Å²) in [6, 6.07) is 4.36. The zero-order valence-electron chi connectivity index (χ0n) is 20.8. The van der Waals surface area contributed by atoms with Gasteiger partial charge in [-0.05, 0) is 97.9 Å². The van der Waals surface area contributed by atoms with Gasteiger partial charge in [-0.1, -0.05) is 32.9 Å². The molecule has 1 N–H and O–H groups in total. The lowest BCUT2D eigenvalue weighted by atomic mass is 9.98. The van der Waals surface area contributed by atoms with Crippen molar-refractivity contribution in [3.63, 3.8) is 0 Å². The Morgan fingerprint density at radius 2 is 0.966 bits per heavy atom. The van der Waals surface area contributed by atoms with Gasteiger partial charge in [0.05, 0.1) is 0 Å². The molecule has 0 amide bonds. The molecule has 0 spiro atoms. The molecule has 0 aliphatic rings. The van der Waals surface area contributed by atoms with Crippen LogP contribution in [0.1, 0.15) is 37.5 Å². The zero-order valence-corrected chi connectivity index (χ0v) is 20.8. The first-order valence-electron chi connectivity index (χ1n) is 11.1. The number of phenols is 1. The third-order valence-corrected chi connectivity index (χ3v) is 5.17. The Balaban J connectivity index is 0.000000956. The number of hydrogen-bond acceptors (Lipinski definition) is 5. The Morgan fingerprint density at radius 1 is 0.621 bits per heavy atom. The molecule has 170 valence electrons. The van der Waals surface area contributed by atoms with Crippen molar-refractivity contribution in [2.24, 2.45) is 0 Å². The average molecular weight is 409 g/mol. The number of nitrogens with zero attached hydrogens (tertiary/aromatic N) is 4. The van der Waals surface area contributed by atoms with Crippen LogP contribution in [0.3, 0.4) is 0 Å². The summed E-state index contributed by atoms with van der Waals surface area (Å²) in [5.74, 6) is 0.498. The Kier molecular flexibility index (Phi) is 15.1. The van der Waals surface area contributed by atoms with Crippen LogP contribution >= 0.6 is 0 Å². The lowest BCUT2D eigenvalue weighted by Gasteiger charge is -2.17. The second kappa shape index (κ2) is 15.7. The fraction of sp³-hybridized carbons (Fsp3) is 0.750. The van der Waals surface area contributed by atoms with Gasteiger partial charge in [0.2, 0.25) is 0 Å². The fourth-order valence-electron chi connectivity index (χ4n) is 3.07. The summed E-state index contributed by atoms with van der Waals surface area (Å²) in [5.41, 5.74) is 3.49. The van der Waals surface area contributed by atoms with Crippen molar-refractivity contribution in [2.75, 3.05) is 81.6 Å². The third kappa shape index (κ3) is 12.9. The molecule has 1 aromatic carbocycles. The van der Waals surface area contributed by atoms with Gasteiger partial charge >= 0.3 is 0 Å². The van der Waals surface area contributed by atoms with Crippen LogP contribution in [0.2, 0.25) is 0 Å². The smallest absolute Gasteiger partial charge is 0.122 e. The van der Waals surface area contributed by atoms with E-state index in [4.69, 9.17) is 0 Å². The van der Waals surface area contributed by atoms with Crippen LogP contribution in [-0.2, 0) is 19.3 Å². The average Bonchev–Trinajstić information content (AvgIpc) is 2.66. The van der Waals surface area contributed by atoms with Crippen molar-refractivity contribution in [1.29, 1.82) is 0 Å². The van der Waals surface area contributed by atoms with Gasteiger partial charge in [0.15, 0.2) is 0 Å². The van der Waals surface area contributed by atoms with Crippen molar-refractivity contribution in [1.82, 2.24) is 19.6 Å². The number of hydrogen-bond donors (Lipinski definition) is 1. The predicted molar refractivity (Wildman–Crippen MR) is 128 cm³/mol. The highest BCUT2D eigenvalue weighted by molar-refractivity contribution is 5.44. The van der Waals surface area contributed by atoms with Gasteiger partial charge in [-0.15, -0.1) is 0 Å². The van der Waals surface area contributed by atoms with Gasteiger partial charge in [-0.2, -0.15) is 0 Å².